The molecule has 0 amide bonds. The molecule has 0 N–H and O–H groups in total. The quantitative estimate of drug-likeness (QED) is 0.256. The predicted molar refractivity (Wildman–Crippen MR) is 154 cm³/mol. The third-order valence-electron chi connectivity index (χ3n) is 6.49. The number of thiazole rings is 1. The first-order valence-electron chi connectivity index (χ1n) is 12.9. The number of rotatable bonds is 7. The zero-order chi connectivity index (χ0) is 30.7. The minimum absolute atomic E-state index is 0.112. The van der Waals surface area contributed by atoms with Gasteiger partial charge in [0.2, 0.25) is 0 Å². The molecule has 0 fully saturated rings. The summed E-state index contributed by atoms with van der Waals surface area (Å²) in [6.07, 6.45) is -3.47. The molecule has 3 aromatic carbocycles. The molecule has 0 unspecified atom stereocenters. The average Bonchev–Trinajstić information content (AvgIpc) is 3.30. The van der Waals surface area contributed by atoms with Crippen LogP contribution in [-0.4, -0.2) is 23.3 Å². The Kier molecular flexibility index (Phi) is 8.52. The molecule has 0 radical (unpaired) electrons. The number of fused-ring (bicyclic) bond motifs is 1. The smallest absolute Gasteiger partial charge is 0.434 e. The van der Waals surface area contributed by atoms with Crippen molar-refractivity contribution in [3.63, 3.8) is 0 Å². The summed E-state index contributed by atoms with van der Waals surface area (Å²) in [5.74, 6) is -0.705. The average molecular weight is 624 g/mol. The number of halogens is 4. The van der Waals surface area contributed by atoms with Crippen LogP contribution in [0.4, 0.5) is 13.2 Å². The Balaban J connectivity index is 1.56. The van der Waals surface area contributed by atoms with Crippen molar-refractivity contribution in [1.29, 1.82) is 5.26 Å². The van der Waals surface area contributed by atoms with E-state index in [1.54, 1.807) is 42.5 Å². The van der Waals surface area contributed by atoms with Crippen LogP contribution < -0.4 is 19.6 Å². The van der Waals surface area contributed by atoms with Gasteiger partial charge >= 0.3 is 12.1 Å². The molecule has 1 aromatic heterocycles. The van der Waals surface area contributed by atoms with Gasteiger partial charge in [-0.15, -0.1) is 0 Å². The molecule has 1 aliphatic rings. The van der Waals surface area contributed by atoms with E-state index in [0.717, 1.165) is 21.5 Å². The Hall–Kier alpha value is -4.66. The zero-order valence-electron chi connectivity index (χ0n) is 22.4. The maximum Gasteiger partial charge on any atom is 0.434 e. The van der Waals surface area contributed by atoms with Gasteiger partial charge in [0.15, 0.2) is 10.5 Å². The van der Waals surface area contributed by atoms with Crippen LogP contribution in [0.1, 0.15) is 35.2 Å². The lowest BCUT2D eigenvalue weighted by molar-refractivity contribution is -0.140. The molecule has 1 atom stereocenters. The zero-order valence-corrected chi connectivity index (χ0v) is 24.0. The van der Waals surface area contributed by atoms with E-state index in [1.165, 1.54) is 37.3 Å². The van der Waals surface area contributed by atoms with E-state index in [9.17, 15) is 28.0 Å². The lowest BCUT2D eigenvalue weighted by Gasteiger charge is -2.26. The van der Waals surface area contributed by atoms with Crippen LogP contribution in [0.25, 0.3) is 6.08 Å². The second-order valence-electron chi connectivity index (χ2n) is 9.24. The lowest BCUT2D eigenvalue weighted by atomic mass is 9.95. The molecule has 4 aromatic rings. The highest BCUT2D eigenvalue weighted by Gasteiger charge is 2.45. The van der Waals surface area contributed by atoms with Crippen molar-refractivity contribution >= 4 is 35.0 Å². The second-order valence-corrected chi connectivity index (χ2v) is 10.7. The molecule has 7 nitrogen and oxygen atoms in total. The van der Waals surface area contributed by atoms with Gasteiger partial charge in [-0.3, -0.25) is 9.36 Å². The van der Waals surface area contributed by atoms with Crippen LogP contribution in [-0.2, 0) is 16.1 Å². The number of hydrogen-bond acceptors (Lipinski definition) is 7. The molecule has 1 aliphatic heterocycles. The maximum atomic E-state index is 14.2. The van der Waals surface area contributed by atoms with Crippen LogP contribution in [0.15, 0.2) is 93.9 Å². The van der Waals surface area contributed by atoms with E-state index in [4.69, 9.17) is 21.1 Å². The highest BCUT2D eigenvalue weighted by molar-refractivity contribution is 7.07. The fourth-order valence-electron chi connectivity index (χ4n) is 4.53. The molecule has 0 bridgehead atoms. The monoisotopic (exact) mass is 623 g/mol. The third kappa shape index (κ3) is 6.26. The number of allylic oxidation sites excluding steroid dienone is 1. The van der Waals surface area contributed by atoms with E-state index >= 15 is 0 Å². The summed E-state index contributed by atoms with van der Waals surface area (Å²) >= 11 is 6.78. The van der Waals surface area contributed by atoms with Gasteiger partial charge in [-0.25, -0.2) is 9.79 Å². The van der Waals surface area contributed by atoms with Crippen LogP contribution >= 0.6 is 22.9 Å². The van der Waals surface area contributed by atoms with Crippen molar-refractivity contribution in [3.8, 4) is 11.8 Å². The fourth-order valence-corrected chi connectivity index (χ4v) is 5.66. The van der Waals surface area contributed by atoms with Crippen LogP contribution in [0.5, 0.6) is 5.75 Å². The van der Waals surface area contributed by atoms with Crippen molar-refractivity contribution in [3.05, 3.63) is 131 Å². The first-order chi connectivity index (χ1) is 20.6. The Bertz CT molecular complexity index is 1940. The van der Waals surface area contributed by atoms with Crippen LogP contribution in [0.3, 0.4) is 0 Å². The van der Waals surface area contributed by atoms with Crippen molar-refractivity contribution in [2.24, 2.45) is 4.99 Å². The maximum absolute atomic E-state index is 14.2. The molecular weight excluding hydrogens is 603 g/mol. The Morgan fingerprint density at radius 1 is 1.12 bits per heavy atom. The fraction of sp³-hybridized carbons (Fsp3) is 0.161. The summed E-state index contributed by atoms with van der Waals surface area (Å²) in [4.78, 5) is 30.1. The summed E-state index contributed by atoms with van der Waals surface area (Å²) in [6, 6.07) is 20.3. The van der Waals surface area contributed by atoms with Gasteiger partial charge in [-0.2, -0.15) is 18.4 Å². The highest BCUT2D eigenvalue weighted by Crippen LogP contribution is 2.38. The molecule has 0 saturated heterocycles. The van der Waals surface area contributed by atoms with Crippen molar-refractivity contribution in [1.82, 2.24) is 4.57 Å². The van der Waals surface area contributed by atoms with Crippen molar-refractivity contribution < 1.29 is 27.4 Å². The number of benzene rings is 3. The molecule has 218 valence electrons. The summed E-state index contributed by atoms with van der Waals surface area (Å²) in [5.41, 5.74) is -0.777. The Labute approximate surface area is 252 Å². The summed E-state index contributed by atoms with van der Waals surface area (Å²) < 4.78 is 54.7. The first-order valence-corrected chi connectivity index (χ1v) is 14.1. The molecular formula is C31H21ClF3N3O4S. The van der Waals surface area contributed by atoms with Gasteiger partial charge in [0.25, 0.3) is 5.56 Å². The van der Waals surface area contributed by atoms with Gasteiger partial charge in [-0.1, -0.05) is 65.4 Å². The van der Waals surface area contributed by atoms with Crippen LogP contribution in [0.2, 0.25) is 5.02 Å². The number of nitrogens with zero attached hydrogens (tertiary/aromatic N) is 3. The second kappa shape index (κ2) is 12.3. The third-order valence-corrected chi connectivity index (χ3v) is 7.73. The molecule has 0 spiro atoms. The topological polar surface area (TPSA) is 93.7 Å². The number of carbonyl (C=O) groups excluding carboxylic acids is 1. The number of carbonyl (C=O) groups is 1. The lowest BCUT2D eigenvalue weighted by Crippen LogP contribution is -2.41. The van der Waals surface area contributed by atoms with Crippen LogP contribution in [0, 0.1) is 11.3 Å². The minimum Gasteiger partial charge on any atom is -0.489 e. The summed E-state index contributed by atoms with van der Waals surface area (Å²) in [6.45, 7) is 1.48. The van der Waals surface area contributed by atoms with E-state index in [1.807, 2.05) is 6.07 Å². The van der Waals surface area contributed by atoms with E-state index in [0.29, 0.717) is 21.9 Å². The number of nitriles is 1. The van der Waals surface area contributed by atoms with Gasteiger partial charge in [0.05, 0.1) is 34.4 Å². The largest absolute Gasteiger partial charge is 0.489 e. The number of esters is 1. The van der Waals surface area contributed by atoms with Crippen molar-refractivity contribution in [2.75, 3.05) is 6.61 Å². The van der Waals surface area contributed by atoms with E-state index in [2.05, 4.69) is 11.1 Å². The summed E-state index contributed by atoms with van der Waals surface area (Å²) in [5, 5.41) is 9.59. The summed E-state index contributed by atoms with van der Waals surface area (Å²) in [7, 11) is 0. The molecule has 43 heavy (non-hydrogen) atoms. The standard InChI is InChI=1S/C31H21ClF3N3O4S/c1-2-41-29(40)25-26(19-9-11-22(32)12-10-19)38-28(39)24(43-30(38)37-27(25)31(33,34)35)15-18-7-13-23(14-8-18)42-17-21-6-4-3-5-20(21)16-36/h3-15,26H,2,17H2,1H3/b24-15-/t26-/m0/s1. The van der Waals surface area contributed by atoms with Gasteiger partial charge in [0.1, 0.15) is 12.4 Å². The van der Waals surface area contributed by atoms with Crippen molar-refractivity contribution in [2.45, 2.75) is 25.7 Å². The Morgan fingerprint density at radius 3 is 2.47 bits per heavy atom. The highest BCUT2D eigenvalue weighted by atomic mass is 35.5. The molecule has 2 heterocycles. The van der Waals surface area contributed by atoms with E-state index < -0.39 is 35.0 Å². The first kappa shape index (κ1) is 29.8. The normalized spacial score (nSPS) is 15.0. The molecule has 5 rings (SSSR count). The number of alkyl halides is 3. The number of aromatic nitrogens is 1. The van der Waals surface area contributed by atoms with Gasteiger partial charge in [0, 0.05) is 10.6 Å². The number of ether oxygens (including phenoxy) is 2. The van der Waals surface area contributed by atoms with Gasteiger partial charge < -0.3 is 9.47 Å². The molecule has 0 saturated carbocycles. The SMILES string of the molecule is CCOC(=O)C1=C(C(F)(F)F)N=c2s/c(=C\c3ccc(OCc4ccccc4C#N)cc3)c(=O)n2[C@H]1c1ccc(Cl)cc1. The number of hydrogen-bond donors (Lipinski definition) is 0. The predicted octanol–water partition coefficient (Wildman–Crippen LogP) is 5.44. The molecule has 12 heteroatoms. The van der Waals surface area contributed by atoms with Gasteiger partial charge in [-0.05, 0) is 54.5 Å². The minimum atomic E-state index is -4.99. The van der Waals surface area contributed by atoms with E-state index in [-0.39, 0.29) is 28.1 Å². The molecule has 0 aliphatic carbocycles. The Morgan fingerprint density at radius 2 is 1.81 bits per heavy atom.